The summed E-state index contributed by atoms with van der Waals surface area (Å²) in [6, 6.07) is 12.4. The lowest BCUT2D eigenvalue weighted by Gasteiger charge is -2.29. The summed E-state index contributed by atoms with van der Waals surface area (Å²) < 4.78 is 11.7. The van der Waals surface area contributed by atoms with Crippen molar-refractivity contribution in [2.45, 2.75) is 32.6 Å². The van der Waals surface area contributed by atoms with Crippen molar-refractivity contribution in [2.75, 3.05) is 13.2 Å². The first-order chi connectivity index (χ1) is 11.5. The normalized spacial score (nSPS) is 32.4. The highest BCUT2D eigenvalue weighted by molar-refractivity contribution is 5.95. The number of amidine groups is 1. The molecule has 3 N–H and O–H groups in total. The molecule has 1 fully saturated rings. The van der Waals surface area contributed by atoms with Crippen LogP contribution in [0.25, 0.3) is 0 Å². The average molecular weight is 325 g/mol. The van der Waals surface area contributed by atoms with Crippen LogP contribution in [0.5, 0.6) is 0 Å². The highest BCUT2D eigenvalue weighted by atomic mass is 16.7. The van der Waals surface area contributed by atoms with Crippen LogP contribution in [0.1, 0.15) is 30.9 Å². The second kappa shape index (κ2) is 5.31. The summed E-state index contributed by atoms with van der Waals surface area (Å²) in [5.74, 6) is -1.58. The minimum absolute atomic E-state index is 0.238. The summed E-state index contributed by atoms with van der Waals surface area (Å²) in [6.07, 6.45) is 0. The van der Waals surface area contributed by atoms with E-state index in [4.69, 9.17) is 15.2 Å². The van der Waals surface area contributed by atoms with Gasteiger partial charge in [0.2, 0.25) is 0 Å². The van der Waals surface area contributed by atoms with Crippen LogP contribution in [-0.2, 0) is 9.47 Å². The second-order valence-corrected chi connectivity index (χ2v) is 6.15. The Morgan fingerprint density at radius 3 is 2.29 bits per heavy atom. The predicted molar refractivity (Wildman–Crippen MR) is 86.2 cm³/mol. The van der Waals surface area contributed by atoms with E-state index >= 15 is 0 Å². The van der Waals surface area contributed by atoms with Crippen molar-refractivity contribution in [3.8, 4) is 12.1 Å². The Bertz CT molecular complexity index is 785. The molecule has 0 radical (unpaired) electrons. The van der Waals surface area contributed by atoms with Gasteiger partial charge in [0.05, 0.1) is 25.4 Å². The van der Waals surface area contributed by atoms with Crippen molar-refractivity contribution in [3.05, 3.63) is 35.4 Å². The van der Waals surface area contributed by atoms with Gasteiger partial charge in [-0.1, -0.05) is 24.3 Å². The van der Waals surface area contributed by atoms with Crippen LogP contribution in [0, 0.1) is 40.4 Å². The third-order valence-electron chi connectivity index (χ3n) is 5.20. The van der Waals surface area contributed by atoms with E-state index in [2.05, 4.69) is 17.1 Å². The molecule has 3 rings (SSSR count). The van der Waals surface area contributed by atoms with E-state index < -0.39 is 22.7 Å². The SMILES string of the molecule is CCOC1(OCC)[NH+]=C(N)[C@@]2(C#N)[C@H](c3ccccc3C)[C@@]12C#N. The quantitative estimate of drug-likeness (QED) is 0.757. The minimum atomic E-state index is -1.42. The largest absolute Gasteiger partial charge is 0.343 e. The number of hydrogen-bond acceptors (Lipinski definition) is 5. The third-order valence-corrected chi connectivity index (χ3v) is 5.20. The fraction of sp³-hybridized carbons (Fsp3) is 0.500. The Kier molecular flexibility index (Phi) is 3.64. The van der Waals surface area contributed by atoms with Crippen LogP contribution < -0.4 is 10.7 Å². The van der Waals surface area contributed by atoms with Gasteiger partial charge in [0.1, 0.15) is 0 Å². The van der Waals surface area contributed by atoms with Gasteiger partial charge >= 0.3 is 5.91 Å². The number of rotatable bonds is 5. The molecule has 0 unspecified atom stereocenters. The zero-order valence-corrected chi connectivity index (χ0v) is 14.1. The zero-order chi connectivity index (χ0) is 17.6. The molecule has 24 heavy (non-hydrogen) atoms. The molecule has 0 amide bonds. The van der Waals surface area contributed by atoms with E-state index in [0.29, 0.717) is 13.2 Å². The maximum atomic E-state index is 10.1. The van der Waals surface area contributed by atoms with Gasteiger partial charge in [-0.15, -0.1) is 0 Å². The molecule has 6 nitrogen and oxygen atoms in total. The summed E-state index contributed by atoms with van der Waals surface area (Å²) in [5.41, 5.74) is 5.75. The first kappa shape index (κ1) is 16.4. The highest BCUT2D eigenvalue weighted by Gasteiger charge is 2.97. The summed E-state index contributed by atoms with van der Waals surface area (Å²) in [4.78, 5) is 2.98. The molecule has 1 saturated carbocycles. The summed E-state index contributed by atoms with van der Waals surface area (Å²) in [6.45, 7) is 6.26. The summed E-state index contributed by atoms with van der Waals surface area (Å²) >= 11 is 0. The maximum absolute atomic E-state index is 10.1. The molecule has 3 atom stereocenters. The van der Waals surface area contributed by atoms with Crippen LogP contribution in [0.4, 0.5) is 0 Å². The molecule has 6 heteroatoms. The van der Waals surface area contributed by atoms with Crippen LogP contribution in [0.2, 0.25) is 0 Å². The number of hydrogen-bond donors (Lipinski definition) is 2. The molecule has 0 saturated heterocycles. The van der Waals surface area contributed by atoms with E-state index in [9.17, 15) is 10.5 Å². The summed E-state index contributed by atoms with van der Waals surface area (Å²) in [5, 5.41) is 20.1. The van der Waals surface area contributed by atoms with Crippen LogP contribution in [0.15, 0.2) is 24.3 Å². The van der Waals surface area contributed by atoms with Gasteiger partial charge < -0.3 is 9.47 Å². The number of nitrogens with zero attached hydrogens (tertiary/aromatic N) is 2. The smallest absolute Gasteiger partial charge is 0.314 e. The molecular formula is C18H21N4O2+. The van der Waals surface area contributed by atoms with Gasteiger partial charge in [-0.25, -0.2) is 4.99 Å². The summed E-state index contributed by atoms with van der Waals surface area (Å²) in [7, 11) is 0. The zero-order valence-electron chi connectivity index (χ0n) is 14.1. The number of fused-ring (bicyclic) bond motifs is 1. The number of benzene rings is 1. The van der Waals surface area contributed by atoms with Crippen molar-refractivity contribution in [1.82, 2.24) is 0 Å². The van der Waals surface area contributed by atoms with E-state index in [1.165, 1.54) is 0 Å². The maximum Gasteiger partial charge on any atom is 0.343 e. The monoisotopic (exact) mass is 325 g/mol. The van der Waals surface area contributed by atoms with Gasteiger partial charge in [-0.3, -0.25) is 5.73 Å². The third kappa shape index (κ3) is 1.57. The molecule has 1 aromatic rings. The Morgan fingerprint density at radius 1 is 1.17 bits per heavy atom. The molecule has 0 aromatic heterocycles. The minimum Gasteiger partial charge on any atom is -0.314 e. The van der Waals surface area contributed by atoms with E-state index in [1.807, 2.05) is 45.0 Å². The van der Waals surface area contributed by atoms with Crippen LogP contribution in [0.3, 0.4) is 0 Å². The first-order valence-electron chi connectivity index (χ1n) is 8.08. The molecule has 0 spiro atoms. The number of nitriles is 2. The molecule has 1 aromatic carbocycles. The molecule has 124 valence electrons. The Morgan fingerprint density at radius 2 is 1.79 bits per heavy atom. The van der Waals surface area contributed by atoms with Crippen molar-refractivity contribution >= 4 is 5.84 Å². The molecule has 2 aliphatic rings. The molecule has 0 bridgehead atoms. The standard InChI is InChI=1S/C18H20N4O2/c1-4-23-18(24-5-2)17(11-20)14(13-9-7-6-8-12(13)3)16(17,10-19)15(21)22-18/h6-9,14H,4-5H2,1-3H3,(H2,21,22)/p+1/t14-,16+,17+/m0/s1. The molecule has 1 aliphatic heterocycles. The lowest BCUT2D eigenvalue weighted by Crippen LogP contribution is -2.91. The van der Waals surface area contributed by atoms with Gasteiger partial charge in [0, 0.05) is 5.92 Å². The van der Waals surface area contributed by atoms with E-state index in [1.54, 1.807) is 0 Å². The average Bonchev–Trinajstić information content (AvgIpc) is 3.14. The highest BCUT2D eigenvalue weighted by Crippen LogP contribution is 2.78. The fourth-order valence-electron chi connectivity index (χ4n) is 4.23. The molecule has 1 heterocycles. The number of nitrogens with two attached hydrogens (primary N) is 1. The van der Waals surface area contributed by atoms with Gasteiger partial charge in [-0.05, 0) is 31.9 Å². The Balaban J connectivity index is 2.25. The van der Waals surface area contributed by atoms with Gasteiger partial charge in [0.25, 0.3) is 5.84 Å². The predicted octanol–water partition coefficient (Wildman–Crippen LogP) is 0.290. The lowest BCUT2D eigenvalue weighted by atomic mass is 9.93. The topological polar surface area (TPSA) is 106 Å². The molecule has 1 aliphatic carbocycles. The van der Waals surface area contributed by atoms with Crippen molar-refractivity contribution < 1.29 is 14.5 Å². The Labute approximate surface area is 141 Å². The van der Waals surface area contributed by atoms with Crippen molar-refractivity contribution in [3.63, 3.8) is 0 Å². The first-order valence-corrected chi connectivity index (χ1v) is 8.08. The number of aryl methyl sites for hydroxylation is 1. The number of nitrogens with one attached hydrogen (secondary N) is 1. The van der Waals surface area contributed by atoms with E-state index in [-0.39, 0.29) is 5.84 Å². The Hall–Kier alpha value is -2.41. The van der Waals surface area contributed by atoms with Gasteiger partial charge in [0.15, 0.2) is 10.8 Å². The number of ether oxygens (including phenoxy) is 2. The van der Waals surface area contributed by atoms with Crippen molar-refractivity contribution in [2.24, 2.45) is 16.6 Å². The van der Waals surface area contributed by atoms with Crippen LogP contribution in [-0.4, -0.2) is 25.0 Å². The fourth-order valence-corrected chi connectivity index (χ4v) is 4.23. The van der Waals surface area contributed by atoms with Crippen LogP contribution >= 0.6 is 0 Å². The second-order valence-electron chi connectivity index (χ2n) is 6.15. The van der Waals surface area contributed by atoms with Gasteiger partial charge in [-0.2, -0.15) is 10.5 Å². The van der Waals surface area contributed by atoms with Crippen molar-refractivity contribution in [1.29, 1.82) is 10.5 Å². The lowest BCUT2D eigenvalue weighted by molar-refractivity contribution is -0.693. The van der Waals surface area contributed by atoms with E-state index in [0.717, 1.165) is 11.1 Å². The molecular weight excluding hydrogens is 304 g/mol.